The van der Waals surface area contributed by atoms with Gasteiger partial charge in [0.15, 0.2) is 13.1 Å². The molecule has 1 unspecified atom stereocenters. The van der Waals surface area contributed by atoms with Gasteiger partial charge in [-0.1, -0.05) is 18.6 Å². The first-order chi connectivity index (χ1) is 7.68. The van der Waals surface area contributed by atoms with E-state index >= 15 is 0 Å². The second kappa shape index (κ2) is 7.61. The van der Waals surface area contributed by atoms with Crippen LogP contribution in [0.15, 0.2) is 11.6 Å². The minimum Gasteiger partial charge on any atom is -0.305 e. The van der Waals surface area contributed by atoms with Gasteiger partial charge >= 0.3 is 0 Å². The SMILES string of the molecule is CC(C)=CCCC(C)CC=[N+]1CCNCC1. The number of hydrogen-bond donors (Lipinski definition) is 1. The Kier molecular flexibility index (Phi) is 6.39. The molecule has 0 aromatic rings. The minimum absolute atomic E-state index is 0.811. The normalized spacial score (nSPS) is 18.1. The number of nitrogens with one attached hydrogen (secondary N) is 1. The summed E-state index contributed by atoms with van der Waals surface area (Å²) in [5.41, 5.74) is 1.44. The molecule has 1 N–H and O–H groups in total. The molecule has 1 rings (SSSR count). The highest BCUT2D eigenvalue weighted by atomic mass is 15.1. The predicted molar refractivity (Wildman–Crippen MR) is 71.4 cm³/mol. The van der Waals surface area contributed by atoms with E-state index in [0.29, 0.717) is 0 Å². The Morgan fingerprint density at radius 1 is 1.31 bits per heavy atom. The van der Waals surface area contributed by atoms with E-state index in [-0.39, 0.29) is 0 Å². The fourth-order valence-corrected chi connectivity index (χ4v) is 1.97. The lowest BCUT2D eigenvalue weighted by atomic mass is 10.0. The largest absolute Gasteiger partial charge is 0.305 e. The van der Waals surface area contributed by atoms with Crippen LogP contribution in [-0.2, 0) is 0 Å². The van der Waals surface area contributed by atoms with Gasteiger partial charge in [0, 0.05) is 6.42 Å². The van der Waals surface area contributed by atoms with Crippen LogP contribution in [0.1, 0.15) is 40.0 Å². The summed E-state index contributed by atoms with van der Waals surface area (Å²) in [4.78, 5) is 0. The standard InChI is InChI=1S/C14H27N2/c1-13(2)5-4-6-14(3)7-10-16-11-8-15-9-12-16/h5,10,14-15H,4,6-9,11-12H2,1-3H3/q+1. The van der Waals surface area contributed by atoms with E-state index in [4.69, 9.17) is 0 Å². The highest BCUT2D eigenvalue weighted by Crippen LogP contribution is 2.10. The minimum atomic E-state index is 0.811. The lowest BCUT2D eigenvalue weighted by Crippen LogP contribution is -2.38. The van der Waals surface area contributed by atoms with Gasteiger partial charge in [-0.2, -0.15) is 0 Å². The van der Waals surface area contributed by atoms with Gasteiger partial charge in [-0.25, -0.2) is 4.58 Å². The second-order valence-corrected chi connectivity index (χ2v) is 5.17. The van der Waals surface area contributed by atoms with E-state index in [0.717, 1.165) is 19.0 Å². The van der Waals surface area contributed by atoms with Crippen molar-refractivity contribution in [2.24, 2.45) is 5.92 Å². The van der Waals surface area contributed by atoms with Gasteiger partial charge in [-0.15, -0.1) is 0 Å². The Balaban J connectivity index is 2.18. The molecule has 0 spiro atoms. The van der Waals surface area contributed by atoms with Crippen molar-refractivity contribution in [3.63, 3.8) is 0 Å². The molecular formula is C14H27N2+. The first-order valence-corrected chi connectivity index (χ1v) is 6.60. The monoisotopic (exact) mass is 223 g/mol. The number of allylic oxidation sites excluding steroid dienone is 2. The lowest BCUT2D eigenvalue weighted by molar-refractivity contribution is -0.528. The quantitative estimate of drug-likeness (QED) is 0.559. The summed E-state index contributed by atoms with van der Waals surface area (Å²) in [5, 5.41) is 3.38. The summed E-state index contributed by atoms with van der Waals surface area (Å²) in [6, 6.07) is 0. The van der Waals surface area contributed by atoms with Gasteiger partial charge in [0.05, 0.1) is 13.1 Å². The van der Waals surface area contributed by atoms with Gasteiger partial charge in [0.25, 0.3) is 0 Å². The maximum Gasteiger partial charge on any atom is 0.154 e. The fraction of sp³-hybridized carbons (Fsp3) is 0.786. The summed E-state index contributed by atoms with van der Waals surface area (Å²) in [5.74, 6) is 0.811. The van der Waals surface area contributed by atoms with Crippen molar-refractivity contribution in [2.75, 3.05) is 26.2 Å². The Morgan fingerprint density at radius 3 is 2.62 bits per heavy atom. The van der Waals surface area contributed by atoms with E-state index in [1.807, 2.05) is 0 Å². The molecule has 0 aromatic heterocycles. The van der Waals surface area contributed by atoms with Crippen molar-refractivity contribution in [1.29, 1.82) is 0 Å². The molecular weight excluding hydrogens is 196 g/mol. The Labute approximate surface area is 100 Å². The molecule has 1 aliphatic heterocycles. The molecule has 92 valence electrons. The van der Waals surface area contributed by atoms with E-state index in [2.05, 4.69) is 43.0 Å². The first kappa shape index (κ1) is 13.4. The van der Waals surface area contributed by atoms with Crippen LogP contribution in [0.3, 0.4) is 0 Å². The van der Waals surface area contributed by atoms with Crippen molar-refractivity contribution in [3.05, 3.63) is 11.6 Å². The second-order valence-electron chi connectivity index (χ2n) is 5.17. The summed E-state index contributed by atoms with van der Waals surface area (Å²) in [6.07, 6.45) is 8.54. The van der Waals surface area contributed by atoms with Crippen molar-refractivity contribution in [2.45, 2.75) is 40.0 Å². The third kappa shape index (κ3) is 6.06. The fourth-order valence-electron chi connectivity index (χ4n) is 1.97. The number of hydrogen-bond acceptors (Lipinski definition) is 1. The van der Waals surface area contributed by atoms with Crippen molar-refractivity contribution < 1.29 is 4.58 Å². The van der Waals surface area contributed by atoms with Crippen molar-refractivity contribution in [3.8, 4) is 0 Å². The van der Waals surface area contributed by atoms with Crippen molar-refractivity contribution >= 4 is 6.21 Å². The molecule has 0 saturated carbocycles. The van der Waals surface area contributed by atoms with Crippen LogP contribution in [0, 0.1) is 5.92 Å². The molecule has 1 aliphatic rings. The summed E-state index contributed by atoms with van der Waals surface area (Å²) < 4.78 is 2.47. The Bertz CT molecular complexity index is 241. The molecule has 1 saturated heterocycles. The predicted octanol–water partition coefficient (Wildman–Crippen LogP) is 2.45. The molecule has 0 aliphatic carbocycles. The van der Waals surface area contributed by atoms with Gasteiger partial charge in [0.1, 0.15) is 6.21 Å². The van der Waals surface area contributed by atoms with Gasteiger partial charge in [0.2, 0.25) is 0 Å². The van der Waals surface area contributed by atoms with Gasteiger partial charge in [-0.05, 0) is 32.6 Å². The summed E-state index contributed by atoms with van der Waals surface area (Å²) >= 11 is 0. The maximum absolute atomic E-state index is 3.38. The molecule has 0 bridgehead atoms. The summed E-state index contributed by atoms with van der Waals surface area (Å²) in [6.45, 7) is 11.4. The van der Waals surface area contributed by atoms with Crippen LogP contribution in [0.4, 0.5) is 0 Å². The zero-order chi connectivity index (χ0) is 11.8. The number of piperazine rings is 1. The summed E-state index contributed by atoms with van der Waals surface area (Å²) in [7, 11) is 0. The third-order valence-corrected chi connectivity index (χ3v) is 3.13. The van der Waals surface area contributed by atoms with Crippen LogP contribution >= 0.6 is 0 Å². The molecule has 0 radical (unpaired) electrons. The molecule has 2 nitrogen and oxygen atoms in total. The van der Waals surface area contributed by atoms with Crippen LogP contribution in [0.2, 0.25) is 0 Å². The lowest BCUT2D eigenvalue weighted by Gasteiger charge is -2.12. The number of rotatable bonds is 5. The first-order valence-electron chi connectivity index (χ1n) is 6.60. The molecule has 1 heterocycles. The van der Waals surface area contributed by atoms with Crippen LogP contribution < -0.4 is 5.32 Å². The van der Waals surface area contributed by atoms with E-state index in [9.17, 15) is 0 Å². The zero-order valence-electron chi connectivity index (χ0n) is 11.1. The molecule has 2 heteroatoms. The Hall–Kier alpha value is -0.630. The van der Waals surface area contributed by atoms with Gasteiger partial charge in [-0.3, -0.25) is 0 Å². The molecule has 0 amide bonds. The van der Waals surface area contributed by atoms with Crippen LogP contribution in [-0.4, -0.2) is 37.0 Å². The average molecular weight is 223 g/mol. The third-order valence-electron chi connectivity index (χ3n) is 3.13. The van der Waals surface area contributed by atoms with Crippen LogP contribution in [0.25, 0.3) is 0 Å². The maximum atomic E-state index is 3.38. The molecule has 16 heavy (non-hydrogen) atoms. The van der Waals surface area contributed by atoms with E-state index < -0.39 is 0 Å². The van der Waals surface area contributed by atoms with E-state index in [1.165, 1.54) is 37.9 Å². The average Bonchev–Trinajstić information content (AvgIpc) is 2.27. The topological polar surface area (TPSA) is 15.0 Å². The van der Waals surface area contributed by atoms with Gasteiger partial charge < -0.3 is 5.32 Å². The smallest absolute Gasteiger partial charge is 0.154 e. The molecule has 1 fully saturated rings. The van der Waals surface area contributed by atoms with Crippen molar-refractivity contribution in [1.82, 2.24) is 5.32 Å². The molecule has 0 aromatic carbocycles. The van der Waals surface area contributed by atoms with E-state index in [1.54, 1.807) is 0 Å². The number of nitrogens with zero attached hydrogens (tertiary/aromatic N) is 1. The molecule has 1 atom stereocenters. The highest BCUT2D eigenvalue weighted by Gasteiger charge is 2.10. The highest BCUT2D eigenvalue weighted by molar-refractivity contribution is 5.51. The zero-order valence-corrected chi connectivity index (χ0v) is 11.1. The Morgan fingerprint density at radius 2 is 2.00 bits per heavy atom. The van der Waals surface area contributed by atoms with Crippen LogP contribution in [0.5, 0.6) is 0 Å².